The van der Waals surface area contributed by atoms with Crippen LogP contribution >= 0.6 is 0 Å². The van der Waals surface area contributed by atoms with E-state index in [-0.39, 0.29) is 0 Å². The number of benzene rings is 1. The fourth-order valence-corrected chi connectivity index (χ4v) is 3.01. The van der Waals surface area contributed by atoms with Gasteiger partial charge >= 0.3 is 0 Å². The maximum absolute atomic E-state index is 4.61. The summed E-state index contributed by atoms with van der Waals surface area (Å²) in [5, 5.41) is 11.3. The molecule has 0 atom stereocenters. The normalized spacial score (nSPS) is 11.5. The minimum absolute atomic E-state index is 0.625. The summed E-state index contributed by atoms with van der Waals surface area (Å²) in [6.45, 7) is 7.34. The molecule has 0 aliphatic heterocycles. The molecule has 0 aliphatic carbocycles. The van der Waals surface area contributed by atoms with Gasteiger partial charge in [0.05, 0.1) is 23.6 Å². The van der Waals surface area contributed by atoms with E-state index >= 15 is 0 Å². The van der Waals surface area contributed by atoms with Crippen LogP contribution < -0.4 is 10.6 Å². The Bertz CT molecular complexity index is 941. The summed E-state index contributed by atoms with van der Waals surface area (Å²) in [6.07, 6.45) is 0. The van der Waals surface area contributed by atoms with E-state index in [0.717, 1.165) is 40.0 Å². The molecule has 0 unspecified atom stereocenters. The van der Waals surface area contributed by atoms with Crippen LogP contribution in [0.1, 0.15) is 28.3 Å². The van der Waals surface area contributed by atoms with E-state index < -0.39 is 0 Å². The molecule has 0 spiro atoms. The SMILES string of the molecule is CN=C(NCc1cccc(C)n1)NCc1ccccc1-n1nc(C)cc1C. The molecule has 3 rings (SSSR count). The molecular formula is C21H26N6. The van der Waals surface area contributed by atoms with Crippen molar-refractivity contribution < 1.29 is 0 Å². The first-order chi connectivity index (χ1) is 13.1. The van der Waals surface area contributed by atoms with Crippen LogP contribution in [0.4, 0.5) is 0 Å². The van der Waals surface area contributed by atoms with Crippen molar-refractivity contribution in [2.24, 2.45) is 4.99 Å². The summed E-state index contributed by atoms with van der Waals surface area (Å²) in [7, 11) is 1.77. The van der Waals surface area contributed by atoms with Crippen molar-refractivity contribution in [3.8, 4) is 5.69 Å². The van der Waals surface area contributed by atoms with Crippen LogP contribution in [0.2, 0.25) is 0 Å². The zero-order chi connectivity index (χ0) is 19.2. The summed E-state index contributed by atoms with van der Waals surface area (Å²) in [5.41, 5.74) is 6.36. The number of guanidine groups is 1. The van der Waals surface area contributed by atoms with Gasteiger partial charge in [0.25, 0.3) is 0 Å². The van der Waals surface area contributed by atoms with E-state index in [1.54, 1.807) is 7.05 Å². The van der Waals surface area contributed by atoms with Crippen LogP contribution in [-0.2, 0) is 13.1 Å². The number of rotatable bonds is 5. The number of pyridine rings is 1. The Morgan fingerprint density at radius 1 is 0.963 bits per heavy atom. The summed E-state index contributed by atoms with van der Waals surface area (Å²) >= 11 is 0. The Morgan fingerprint density at radius 3 is 2.44 bits per heavy atom. The van der Waals surface area contributed by atoms with E-state index in [1.165, 1.54) is 0 Å². The average molecular weight is 362 g/mol. The fraction of sp³-hybridized carbons (Fsp3) is 0.286. The number of nitrogens with one attached hydrogen (secondary N) is 2. The zero-order valence-corrected chi connectivity index (χ0v) is 16.3. The number of aryl methyl sites for hydroxylation is 3. The quantitative estimate of drug-likeness (QED) is 0.541. The van der Waals surface area contributed by atoms with Gasteiger partial charge in [0, 0.05) is 25.0 Å². The van der Waals surface area contributed by atoms with Crippen molar-refractivity contribution >= 4 is 5.96 Å². The molecule has 0 fully saturated rings. The highest BCUT2D eigenvalue weighted by molar-refractivity contribution is 5.79. The first kappa shape index (κ1) is 18.6. The van der Waals surface area contributed by atoms with Crippen LogP contribution in [0.5, 0.6) is 0 Å². The van der Waals surface area contributed by atoms with Crippen molar-refractivity contribution in [2.45, 2.75) is 33.9 Å². The van der Waals surface area contributed by atoms with Gasteiger partial charge in [0.15, 0.2) is 5.96 Å². The highest BCUT2D eigenvalue weighted by Gasteiger charge is 2.09. The van der Waals surface area contributed by atoms with Gasteiger partial charge in [-0.2, -0.15) is 5.10 Å². The highest BCUT2D eigenvalue weighted by atomic mass is 15.3. The van der Waals surface area contributed by atoms with Crippen LogP contribution in [0.25, 0.3) is 5.69 Å². The lowest BCUT2D eigenvalue weighted by Gasteiger charge is -2.15. The lowest BCUT2D eigenvalue weighted by Crippen LogP contribution is -2.36. The molecule has 0 radical (unpaired) electrons. The number of nitrogens with zero attached hydrogens (tertiary/aromatic N) is 4. The van der Waals surface area contributed by atoms with E-state index in [1.807, 2.05) is 48.9 Å². The summed E-state index contributed by atoms with van der Waals surface area (Å²) in [4.78, 5) is 8.82. The van der Waals surface area contributed by atoms with Gasteiger partial charge in [0.2, 0.25) is 0 Å². The molecule has 0 amide bonds. The largest absolute Gasteiger partial charge is 0.352 e. The minimum atomic E-state index is 0.625. The van der Waals surface area contributed by atoms with E-state index in [2.05, 4.69) is 50.8 Å². The molecule has 0 saturated heterocycles. The van der Waals surface area contributed by atoms with Gasteiger partial charge in [-0.25, -0.2) is 4.68 Å². The number of aromatic nitrogens is 3. The number of para-hydroxylation sites is 1. The number of aliphatic imine (C=N–C) groups is 1. The topological polar surface area (TPSA) is 67.1 Å². The molecule has 0 bridgehead atoms. The van der Waals surface area contributed by atoms with Crippen molar-refractivity contribution in [2.75, 3.05) is 7.05 Å². The first-order valence-corrected chi connectivity index (χ1v) is 9.05. The summed E-state index contributed by atoms with van der Waals surface area (Å²) in [5.74, 6) is 0.737. The summed E-state index contributed by atoms with van der Waals surface area (Å²) < 4.78 is 1.99. The minimum Gasteiger partial charge on any atom is -0.352 e. The van der Waals surface area contributed by atoms with Gasteiger partial charge < -0.3 is 10.6 Å². The van der Waals surface area contributed by atoms with Crippen molar-refractivity contribution in [3.05, 3.63) is 76.9 Å². The smallest absolute Gasteiger partial charge is 0.191 e. The maximum Gasteiger partial charge on any atom is 0.191 e. The third-order valence-corrected chi connectivity index (χ3v) is 4.28. The average Bonchev–Trinajstić information content (AvgIpc) is 3.00. The Kier molecular flexibility index (Phi) is 5.86. The molecule has 2 heterocycles. The van der Waals surface area contributed by atoms with Crippen LogP contribution in [0.3, 0.4) is 0 Å². The van der Waals surface area contributed by atoms with Gasteiger partial charge in [-0.3, -0.25) is 9.98 Å². The third kappa shape index (κ3) is 4.73. The van der Waals surface area contributed by atoms with E-state index in [0.29, 0.717) is 13.1 Å². The standard InChI is InChI=1S/C21H26N6/c1-15-8-7-10-19(25-15)14-24-21(22-4)23-13-18-9-5-6-11-20(18)27-17(3)12-16(2)26-27/h5-12H,13-14H2,1-4H3,(H2,22,23,24). The Labute approximate surface area is 160 Å². The molecule has 27 heavy (non-hydrogen) atoms. The second-order valence-electron chi connectivity index (χ2n) is 6.52. The lowest BCUT2D eigenvalue weighted by atomic mass is 10.1. The monoisotopic (exact) mass is 362 g/mol. The lowest BCUT2D eigenvalue weighted by molar-refractivity contribution is 0.773. The predicted molar refractivity (Wildman–Crippen MR) is 109 cm³/mol. The van der Waals surface area contributed by atoms with Gasteiger partial charge in [-0.1, -0.05) is 24.3 Å². The van der Waals surface area contributed by atoms with Crippen molar-refractivity contribution in [1.82, 2.24) is 25.4 Å². The van der Waals surface area contributed by atoms with Crippen LogP contribution in [-0.4, -0.2) is 27.8 Å². The van der Waals surface area contributed by atoms with Crippen LogP contribution in [0, 0.1) is 20.8 Å². The van der Waals surface area contributed by atoms with Crippen LogP contribution in [0.15, 0.2) is 53.5 Å². The predicted octanol–water partition coefficient (Wildman–Crippen LogP) is 3.06. The molecule has 6 nitrogen and oxygen atoms in total. The molecule has 140 valence electrons. The maximum atomic E-state index is 4.61. The highest BCUT2D eigenvalue weighted by Crippen LogP contribution is 2.16. The molecule has 0 saturated carbocycles. The Morgan fingerprint density at radius 2 is 1.74 bits per heavy atom. The second-order valence-corrected chi connectivity index (χ2v) is 6.52. The van der Waals surface area contributed by atoms with Gasteiger partial charge in [-0.05, 0) is 50.6 Å². The fourth-order valence-electron chi connectivity index (χ4n) is 3.01. The summed E-state index contributed by atoms with van der Waals surface area (Å²) in [6, 6.07) is 16.4. The van der Waals surface area contributed by atoms with E-state index in [4.69, 9.17) is 0 Å². The third-order valence-electron chi connectivity index (χ3n) is 4.28. The van der Waals surface area contributed by atoms with Gasteiger partial charge in [-0.15, -0.1) is 0 Å². The second kappa shape index (κ2) is 8.49. The zero-order valence-electron chi connectivity index (χ0n) is 16.3. The number of hydrogen-bond donors (Lipinski definition) is 2. The van der Waals surface area contributed by atoms with Gasteiger partial charge in [0.1, 0.15) is 0 Å². The van der Waals surface area contributed by atoms with Crippen molar-refractivity contribution in [3.63, 3.8) is 0 Å². The van der Waals surface area contributed by atoms with E-state index in [9.17, 15) is 0 Å². The Balaban J connectivity index is 1.68. The molecule has 2 aromatic heterocycles. The van der Waals surface area contributed by atoms with Crippen molar-refractivity contribution in [1.29, 1.82) is 0 Å². The first-order valence-electron chi connectivity index (χ1n) is 9.05. The Hall–Kier alpha value is -3.15. The molecule has 3 aromatic rings. The molecule has 2 N–H and O–H groups in total. The molecule has 6 heteroatoms. The molecule has 0 aliphatic rings. The number of hydrogen-bond acceptors (Lipinski definition) is 3. The molecule has 1 aromatic carbocycles. The molecular weight excluding hydrogens is 336 g/mol.